The Bertz CT molecular complexity index is 554. The van der Waals surface area contributed by atoms with Gasteiger partial charge in [0.2, 0.25) is 5.78 Å². The number of aromatic nitrogens is 3. The normalized spacial score (nSPS) is 10.3. The molecule has 0 aliphatic heterocycles. The Morgan fingerprint density at radius 3 is 2.94 bits per heavy atom. The highest BCUT2D eigenvalue weighted by Gasteiger charge is 2.17. The first-order chi connectivity index (χ1) is 8.76. The van der Waals surface area contributed by atoms with Crippen LogP contribution < -0.4 is 4.74 Å². The quantitative estimate of drug-likeness (QED) is 0.773. The van der Waals surface area contributed by atoms with Gasteiger partial charge < -0.3 is 4.74 Å². The lowest BCUT2D eigenvalue weighted by Gasteiger charge is -2.04. The van der Waals surface area contributed by atoms with E-state index in [4.69, 9.17) is 4.74 Å². The summed E-state index contributed by atoms with van der Waals surface area (Å²) in [6.07, 6.45) is 3.81. The van der Waals surface area contributed by atoms with Crippen molar-refractivity contribution in [2.45, 2.75) is 20.3 Å². The number of carbonyl (C=O) groups is 1. The molecule has 0 fully saturated rings. The van der Waals surface area contributed by atoms with Crippen LogP contribution >= 0.6 is 11.5 Å². The molecule has 0 atom stereocenters. The van der Waals surface area contributed by atoms with E-state index >= 15 is 0 Å². The minimum atomic E-state index is -0.101. The molecule has 2 aromatic heterocycles. The molecular formula is C12H13N3O2S. The van der Waals surface area contributed by atoms with Gasteiger partial charge in [0.05, 0.1) is 18.5 Å². The number of aryl methyl sites for hydroxylation is 1. The molecule has 6 heteroatoms. The fraction of sp³-hybridized carbons (Fsp3) is 0.333. The molecule has 2 aromatic rings. The smallest absolute Gasteiger partial charge is 0.208 e. The number of rotatable bonds is 5. The highest BCUT2D eigenvalue weighted by Crippen LogP contribution is 2.19. The van der Waals surface area contributed by atoms with Crippen LogP contribution in [0.5, 0.6) is 5.75 Å². The summed E-state index contributed by atoms with van der Waals surface area (Å²) < 4.78 is 9.15. The van der Waals surface area contributed by atoms with E-state index in [0.29, 0.717) is 29.2 Å². The summed E-state index contributed by atoms with van der Waals surface area (Å²) in [5.41, 5.74) is 1.23. The Balaban J connectivity index is 2.31. The van der Waals surface area contributed by atoms with Crippen LogP contribution in [0.1, 0.15) is 34.8 Å². The fourth-order valence-electron chi connectivity index (χ4n) is 1.53. The minimum Gasteiger partial charge on any atom is -0.492 e. The van der Waals surface area contributed by atoms with Gasteiger partial charge in [-0.25, -0.2) is 0 Å². The molecule has 0 spiro atoms. The van der Waals surface area contributed by atoms with E-state index in [1.54, 1.807) is 12.3 Å². The van der Waals surface area contributed by atoms with Crippen molar-refractivity contribution < 1.29 is 9.53 Å². The van der Waals surface area contributed by atoms with Gasteiger partial charge >= 0.3 is 0 Å². The molecule has 0 unspecified atom stereocenters. The maximum Gasteiger partial charge on any atom is 0.208 e. The molecular weight excluding hydrogens is 250 g/mol. The van der Waals surface area contributed by atoms with E-state index in [0.717, 1.165) is 17.2 Å². The second kappa shape index (κ2) is 5.68. The Kier molecular flexibility index (Phi) is 3.99. The number of ketones is 1. The predicted octanol–water partition coefficient (Wildman–Crippen LogP) is 2.13. The van der Waals surface area contributed by atoms with Gasteiger partial charge in [-0.3, -0.25) is 9.78 Å². The van der Waals surface area contributed by atoms with Crippen LogP contribution in [0.25, 0.3) is 0 Å². The largest absolute Gasteiger partial charge is 0.492 e. The van der Waals surface area contributed by atoms with Crippen LogP contribution in [-0.2, 0) is 6.42 Å². The highest BCUT2D eigenvalue weighted by molar-refractivity contribution is 7.08. The van der Waals surface area contributed by atoms with Gasteiger partial charge in [-0.05, 0) is 30.9 Å². The van der Waals surface area contributed by atoms with Gasteiger partial charge in [-0.1, -0.05) is 11.4 Å². The maximum atomic E-state index is 12.3. The van der Waals surface area contributed by atoms with Gasteiger partial charge in [0.1, 0.15) is 10.6 Å². The highest BCUT2D eigenvalue weighted by atomic mass is 32.1. The van der Waals surface area contributed by atoms with E-state index in [9.17, 15) is 4.79 Å². The molecule has 0 bridgehead atoms. The molecule has 2 heterocycles. The lowest BCUT2D eigenvalue weighted by Crippen LogP contribution is -2.04. The van der Waals surface area contributed by atoms with Crippen LogP contribution in [0, 0.1) is 0 Å². The molecule has 0 radical (unpaired) electrons. The lowest BCUT2D eigenvalue weighted by molar-refractivity contribution is 0.104. The second-order valence-corrected chi connectivity index (χ2v) is 4.33. The summed E-state index contributed by atoms with van der Waals surface area (Å²) in [4.78, 5) is 16.9. The fourth-order valence-corrected chi connectivity index (χ4v) is 2.24. The summed E-state index contributed by atoms with van der Waals surface area (Å²) in [6.45, 7) is 4.38. The Hall–Kier alpha value is -1.82. The predicted molar refractivity (Wildman–Crippen MR) is 68.1 cm³/mol. The van der Waals surface area contributed by atoms with Crippen molar-refractivity contribution >= 4 is 17.3 Å². The van der Waals surface area contributed by atoms with Gasteiger partial charge in [0.25, 0.3) is 0 Å². The Labute approximate surface area is 109 Å². The van der Waals surface area contributed by atoms with Crippen molar-refractivity contribution in [3.8, 4) is 5.75 Å². The number of hydrogen-bond donors (Lipinski definition) is 0. The second-order valence-electron chi connectivity index (χ2n) is 3.57. The van der Waals surface area contributed by atoms with Crippen LogP contribution in [0.4, 0.5) is 0 Å². The first-order valence-electron chi connectivity index (χ1n) is 5.70. The van der Waals surface area contributed by atoms with Crippen molar-refractivity contribution in [2.24, 2.45) is 0 Å². The van der Waals surface area contributed by atoms with Crippen molar-refractivity contribution in [3.63, 3.8) is 0 Å². The van der Waals surface area contributed by atoms with Gasteiger partial charge in [0, 0.05) is 11.8 Å². The van der Waals surface area contributed by atoms with Crippen LogP contribution in [0.15, 0.2) is 18.5 Å². The third-order valence-corrected chi connectivity index (χ3v) is 3.15. The van der Waals surface area contributed by atoms with Gasteiger partial charge in [-0.2, -0.15) is 0 Å². The zero-order valence-electron chi connectivity index (χ0n) is 10.2. The molecule has 0 amide bonds. The number of nitrogens with zero attached hydrogens (tertiary/aromatic N) is 3. The SMILES string of the molecule is CCOc1cncc(C(=O)c2snnc2CC)c1. The third kappa shape index (κ3) is 2.53. The summed E-state index contributed by atoms with van der Waals surface area (Å²) in [5, 5.41) is 3.94. The minimum absolute atomic E-state index is 0.101. The maximum absolute atomic E-state index is 12.3. The average molecular weight is 263 g/mol. The number of carbonyl (C=O) groups excluding carboxylic acids is 1. The van der Waals surface area contributed by atoms with Crippen molar-refractivity contribution in [2.75, 3.05) is 6.61 Å². The summed E-state index contributed by atoms with van der Waals surface area (Å²) in [7, 11) is 0. The molecule has 0 aliphatic rings. The van der Waals surface area contributed by atoms with E-state index in [2.05, 4.69) is 14.6 Å². The molecule has 0 N–H and O–H groups in total. The number of pyridine rings is 1. The van der Waals surface area contributed by atoms with E-state index in [1.807, 2.05) is 13.8 Å². The van der Waals surface area contributed by atoms with E-state index in [-0.39, 0.29) is 5.78 Å². The Morgan fingerprint density at radius 2 is 2.22 bits per heavy atom. The van der Waals surface area contributed by atoms with Gasteiger partial charge in [-0.15, -0.1) is 5.10 Å². The molecule has 5 nitrogen and oxygen atoms in total. The number of ether oxygens (including phenoxy) is 1. The first-order valence-corrected chi connectivity index (χ1v) is 6.47. The van der Waals surface area contributed by atoms with Crippen LogP contribution in [-0.4, -0.2) is 27.0 Å². The van der Waals surface area contributed by atoms with Crippen LogP contribution in [0.3, 0.4) is 0 Å². The Morgan fingerprint density at radius 1 is 1.39 bits per heavy atom. The third-order valence-electron chi connectivity index (χ3n) is 2.38. The molecule has 94 valence electrons. The summed E-state index contributed by atoms with van der Waals surface area (Å²) in [5.74, 6) is 0.495. The zero-order valence-corrected chi connectivity index (χ0v) is 11.0. The monoisotopic (exact) mass is 263 g/mol. The lowest BCUT2D eigenvalue weighted by atomic mass is 10.1. The van der Waals surface area contributed by atoms with Gasteiger partial charge in [0.15, 0.2) is 0 Å². The zero-order chi connectivity index (χ0) is 13.0. The van der Waals surface area contributed by atoms with Crippen molar-refractivity contribution in [1.82, 2.24) is 14.6 Å². The number of hydrogen-bond acceptors (Lipinski definition) is 6. The summed E-state index contributed by atoms with van der Waals surface area (Å²) in [6, 6.07) is 1.69. The first kappa shape index (κ1) is 12.6. The topological polar surface area (TPSA) is 65.0 Å². The molecule has 0 saturated carbocycles. The average Bonchev–Trinajstić information content (AvgIpc) is 2.87. The summed E-state index contributed by atoms with van der Waals surface area (Å²) >= 11 is 1.12. The molecule has 0 saturated heterocycles. The van der Waals surface area contributed by atoms with E-state index in [1.165, 1.54) is 6.20 Å². The molecule has 2 rings (SSSR count). The van der Waals surface area contributed by atoms with Crippen molar-refractivity contribution in [3.05, 3.63) is 34.6 Å². The molecule has 0 aromatic carbocycles. The standard InChI is InChI=1S/C12H13N3O2S/c1-3-10-12(18-15-14-10)11(16)8-5-9(17-4-2)7-13-6-8/h5-7H,3-4H2,1-2H3. The molecule has 0 aliphatic carbocycles. The van der Waals surface area contributed by atoms with Crippen molar-refractivity contribution in [1.29, 1.82) is 0 Å². The molecule has 18 heavy (non-hydrogen) atoms. The van der Waals surface area contributed by atoms with Crippen LogP contribution in [0.2, 0.25) is 0 Å². The van der Waals surface area contributed by atoms with E-state index < -0.39 is 0 Å².